The van der Waals surface area contributed by atoms with Crippen molar-refractivity contribution in [1.82, 2.24) is 15.6 Å². The van der Waals surface area contributed by atoms with E-state index in [9.17, 15) is 8.42 Å². The van der Waals surface area contributed by atoms with Crippen LogP contribution in [0.5, 0.6) is 0 Å². The molecule has 0 aliphatic heterocycles. The third-order valence-corrected chi connectivity index (χ3v) is 4.78. The van der Waals surface area contributed by atoms with Gasteiger partial charge in [-0.25, -0.2) is 8.42 Å². The number of hydrogen-bond donors (Lipinski definition) is 3. The van der Waals surface area contributed by atoms with Crippen LogP contribution < -0.4 is 15.6 Å². The second-order valence-corrected chi connectivity index (χ2v) is 6.94. The van der Waals surface area contributed by atoms with Crippen molar-refractivity contribution in [2.24, 2.45) is 0 Å². The Labute approximate surface area is 125 Å². The Bertz CT molecular complexity index is 540. The van der Waals surface area contributed by atoms with E-state index < -0.39 is 10.0 Å². The third kappa shape index (κ3) is 4.43. The van der Waals surface area contributed by atoms with Crippen LogP contribution in [0.4, 0.5) is 0 Å². The van der Waals surface area contributed by atoms with E-state index in [0.717, 1.165) is 12.8 Å². The topological polar surface area (TPSA) is 70.2 Å². The van der Waals surface area contributed by atoms with Crippen molar-refractivity contribution < 1.29 is 8.42 Å². The summed E-state index contributed by atoms with van der Waals surface area (Å²) in [5.74, 6) is 0. The molecule has 0 amide bonds. The van der Waals surface area contributed by atoms with E-state index in [-0.39, 0.29) is 4.90 Å². The minimum absolute atomic E-state index is 0.202. The summed E-state index contributed by atoms with van der Waals surface area (Å²) in [5, 5.41) is 3.45. The molecule has 1 aromatic carbocycles. The second kappa shape index (κ2) is 7.01. The molecule has 0 aromatic heterocycles. The van der Waals surface area contributed by atoms with Crippen molar-refractivity contribution in [2.45, 2.75) is 43.0 Å². The first-order chi connectivity index (χ1) is 9.58. The molecule has 1 fully saturated rings. The summed E-state index contributed by atoms with van der Waals surface area (Å²) in [6.07, 6.45) is 5.80. The average Bonchev–Trinajstić information content (AvgIpc) is 2.47. The molecule has 1 saturated carbocycles. The molecule has 7 heteroatoms. The van der Waals surface area contributed by atoms with Gasteiger partial charge in [0.2, 0.25) is 0 Å². The van der Waals surface area contributed by atoms with Gasteiger partial charge in [0, 0.05) is 6.04 Å². The molecule has 0 spiro atoms. The predicted octanol–water partition coefficient (Wildman–Crippen LogP) is 1.68. The summed E-state index contributed by atoms with van der Waals surface area (Å²) in [5.41, 5.74) is 2.55. The zero-order valence-corrected chi connectivity index (χ0v) is 12.8. The Morgan fingerprint density at radius 1 is 1.10 bits per heavy atom. The van der Waals surface area contributed by atoms with Gasteiger partial charge in [0.05, 0.1) is 4.90 Å². The fraction of sp³-hybridized carbons (Fsp3) is 0.462. The monoisotopic (exact) mass is 313 g/mol. The van der Waals surface area contributed by atoms with Gasteiger partial charge in [0.15, 0.2) is 5.11 Å². The summed E-state index contributed by atoms with van der Waals surface area (Å²) in [4.78, 5) is 2.48. The van der Waals surface area contributed by atoms with Crippen LogP contribution in [-0.4, -0.2) is 19.6 Å². The molecule has 1 aliphatic carbocycles. The second-order valence-electron chi connectivity index (χ2n) is 4.85. The molecule has 0 saturated heterocycles. The number of sulfonamides is 1. The summed E-state index contributed by atoms with van der Waals surface area (Å²) >= 11 is 5.10. The lowest BCUT2D eigenvalue weighted by molar-refractivity contribution is 0.411. The number of benzene rings is 1. The molecule has 2 rings (SSSR count). The highest BCUT2D eigenvalue weighted by atomic mass is 32.2. The van der Waals surface area contributed by atoms with Crippen LogP contribution in [0.25, 0.3) is 0 Å². The Kier molecular flexibility index (Phi) is 5.33. The minimum Gasteiger partial charge on any atom is -0.359 e. The predicted molar refractivity (Wildman–Crippen MR) is 82.5 cm³/mol. The first-order valence-corrected chi connectivity index (χ1v) is 8.60. The van der Waals surface area contributed by atoms with Gasteiger partial charge in [-0.15, -0.1) is 4.83 Å². The fourth-order valence-corrected chi connectivity index (χ4v) is 3.39. The zero-order valence-electron chi connectivity index (χ0n) is 11.1. The van der Waals surface area contributed by atoms with Gasteiger partial charge in [-0.1, -0.05) is 37.5 Å². The van der Waals surface area contributed by atoms with Crippen LogP contribution in [0, 0.1) is 0 Å². The van der Waals surface area contributed by atoms with Crippen LogP contribution in [0.15, 0.2) is 35.2 Å². The van der Waals surface area contributed by atoms with Gasteiger partial charge >= 0.3 is 0 Å². The molecule has 0 bridgehead atoms. The van der Waals surface area contributed by atoms with Crippen molar-refractivity contribution in [2.75, 3.05) is 0 Å². The van der Waals surface area contributed by atoms with Crippen molar-refractivity contribution >= 4 is 27.4 Å². The van der Waals surface area contributed by atoms with Gasteiger partial charge in [0.1, 0.15) is 0 Å². The first kappa shape index (κ1) is 15.2. The molecule has 1 aliphatic rings. The highest BCUT2D eigenvalue weighted by molar-refractivity contribution is 7.89. The fourth-order valence-electron chi connectivity index (χ4n) is 2.24. The maximum absolute atomic E-state index is 12.0. The normalized spacial score (nSPS) is 16.6. The van der Waals surface area contributed by atoms with E-state index in [1.807, 2.05) is 0 Å². The molecule has 3 N–H and O–H groups in total. The van der Waals surface area contributed by atoms with Crippen molar-refractivity contribution in [1.29, 1.82) is 0 Å². The Morgan fingerprint density at radius 3 is 2.40 bits per heavy atom. The van der Waals surface area contributed by atoms with Crippen LogP contribution in [0.1, 0.15) is 32.1 Å². The SMILES string of the molecule is O=S(=O)(NNC(=S)NC1CCCCC1)c1ccccc1. The number of rotatable bonds is 4. The molecule has 0 unspecified atom stereocenters. The van der Waals surface area contributed by atoms with Crippen molar-refractivity contribution in [3.63, 3.8) is 0 Å². The molecule has 0 radical (unpaired) electrons. The lowest BCUT2D eigenvalue weighted by Crippen LogP contribution is -2.49. The van der Waals surface area contributed by atoms with Gasteiger partial charge in [-0.2, -0.15) is 0 Å². The third-order valence-electron chi connectivity index (χ3n) is 3.29. The summed E-state index contributed by atoms with van der Waals surface area (Å²) < 4.78 is 23.9. The minimum atomic E-state index is -3.58. The number of nitrogens with one attached hydrogen (secondary N) is 3. The molecule has 5 nitrogen and oxygen atoms in total. The standard InChI is InChI=1S/C13H19N3O2S2/c17-20(18,12-9-5-2-6-10-12)16-15-13(19)14-11-7-3-1-4-8-11/h2,5-6,9-11,16H,1,3-4,7-8H2,(H2,14,15,19). The van der Waals surface area contributed by atoms with E-state index in [1.165, 1.54) is 31.4 Å². The largest absolute Gasteiger partial charge is 0.359 e. The number of hydrazine groups is 1. The van der Waals surface area contributed by atoms with Gasteiger partial charge < -0.3 is 5.32 Å². The Hall–Kier alpha value is -1.18. The zero-order chi connectivity index (χ0) is 14.4. The summed E-state index contributed by atoms with van der Waals surface area (Å²) in [6, 6.07) is 8.51. The van der Waals surface area contributed by atoms with Crippen LogP contribution in [-0.2, 0) is 10.0 Å². The molecule has 20 heavy (non-hydrogen) atoms. The quantitative estimate of drug-likeness (QED) is 0.583. The Balaban J connectivity index is 1.83. The number of hydrogen-bond acceptors (Lipinski definition) is 3. The average molecular weight is 313 g/mol. The molecule has 1 aromatic rings. The lowest BCUT2D eigenvalue weighted by Gasteiger charge is -2.24. The van der Waals surface area contributed by atoms with E-state index in [0.29, 0.717) is 11.2 Å². The summed E-state index contributed by atoms with van der Waals surface area (Å²) in [7, 11) is -3.58. The highest BCUT2D eigenvalue weighted by Gasteiger charge is 2.16. The van der Waals surface area contributed by atoms with Crippen LogP contribution in [0.2, 0.25) is 0 Å². The molecular formula is C13H19N3O2S2. The van der Waals surface area contributed by atoms with E-state index >= 15 is 0 Å². The van der Waals surface area contributed by atoms with E-state index in [1.54, 1.807) is 18.2 Å². The molecule has 0 atom stereocenters. The van der Waals surface area contributed by atoms with E-state index in [4.69, 9.17) is 12.2 Å². The maximum atomic E-state index is 12.0. The van der Waals surface area contributed by atoms with Crippen LogP contribution in [0.3, 0.4) is 0 Å². The van der Waals surface area contributed by atoms with Gasteiger partial charge in [-0.3, -0.25) is 5.43 Å². The molecule has 0 heterocycles. The molecular weight excluding hydrogens is 294 g/mol. The van der Waals surface area contributed by atoms with Gasteiger partial charge in [0.25, 0.3) is 10.0 Å². The maximum Gasteiger partial charge on any atom is 0.257 e. The Morgan fingerprint density at radius 2 is 1.75 bits per heavy atom. The smallest absolute Gasteiger partial charge is 0.257 e. The van der Waals surface area contributed by atoms with Gasteiger partial charge in [-0.05, 0) is 37.2 Å². The lowest BCUT2D eigenvalue weighted by atomic mass is 9.96. The van der Waals surface area contributed by atoms with Crippen LogP contribution >= 0.6 is 12.2 Å². The van der Waals surface area contributed by atoms with Crippen molar-refractivity contribution in [3.05, 3.63) is 30.3 Å². The first-order valence-electron chi connectivity index (χ1n) is 6.71. The van der Waals surface area contributed by atoms with Crippen molar-refractivity contribution in [3.8, 4) is 0 Å². The number of thiocarbonyl (C=S) groups is 1. The summed E-state index contributed by atoms with van der Waals surface area (Å²) in [6.45, 7) is 0. The molecule has 110 valence electrons. The highest BCUT2D eigenvalue weighted by Crippen LogP contribution is 2.17. The van der Waals surface area contributed by atoms with E-state index in [2.05, 4.69) is 15.6 Å².